The molecule has 1 atom stereocenters. The van der Waals surface area contributed by atoms with Gasteiger partial charge in [-0.05, 0) is 34.1 Å². The van der Waals surface area contributed by atoms with Crippen LogP contribution in [0.4, 0.5) is 5.69 Å². The minimum absolute atomic E-state index is 0.0563. The molecule has 2 rings (SSSR count). The SMILES string of the molecule is CNC(=O)C1COCCN1c1ccc(C(N)=S)c(Br)c1. The van der Waals surface area contributed by atoms with Crippen LogP contribution in [0.5, 0.6) is 0 Å². The second kappa shape index (κ2) is 6.51. The number of halogens is 1. The summed E-state index contributed by atoms with van der Waals surface area (Å²) in [6.45, 7) is 1.65. The van der Waals surface area contributed by atoms with Crippen LogP contribution in [0, 0.1) is 0 Å². The van der Waals surface area contributed by atoms with E-state index in [9.17, 15) is 4.79 Å². The molecular formula is C13H16BrN3O2S. The third-order valence-corrected chi connectivity index (χ3v) is 4.10. The number of carbonyl (C=O) groups is 1. The highest BCUT2D eigenvalue weighted by molar-refractivity contribution is 9.10. The van der Waals surface area contributed by atoms with Crippen molar-refractivity contribution in [3.63, 3.8) is 0 Å². The van der Waals surface area contributed by atoms with E-state index in [1.54, 1.807) is 7.05 Å². The van der Waals surface area contributed by atoms with E-state index in [4.69, 9.17) is 22.7 Å². The number of hydrogen-bond acceptors (Lipinski definition) is 4. The number of thiocarbonyl (C=S) groups is 1. The quantitative estimate of drug-likeness (QED) is 0.791. The number of rotatable bonds is 3. The summed E-state index contributed by atoms with van der Waals surface area (Å²) in [5.41, 5.74) is 7.37. The van der Waals surface area contributed by atoms with Crippen LogP contribution in [-0.2, 0) is 9.53 Å². The van der Waals surface area contributed by atoms with Crippen LogP contribution in [0.3, 0.4) is 0 Å². The molecule has 1 amide bonds. The standard InChI is InChI=1S/C13H16BrN3O2S/c1-16-13(18)11-7-19-5-4-17(11)8-2-3-9(12(15)20)10(14)6-8/h2-3,6,11H,4-5,7H2,1H3,(H2,15,20)(H,16,18). The summed E-state index contributed by atoms with van der Waals surface area (Å²) < 4.78 is 6.22. The maximum atomic E-state index is 11.9. The van der Waals surface area contributed by atoms with E-state index >= 15 is 0 Å². The van der Waals surface area contributed by atoms with Crippen molar-refractivity contribution >= 4 is 44.7 Å². The Hall–Kier alpha value is -1.18. The molecule has 3 N–H and O–H groups in total. The van der Waals surface area contributed by atoms with Gasteiger partial charge >= 0.3 is 0 Å². The average molecular weight is 358 g/mol. The number of anilines is 1. The summed E-state index contributed by atoms with van der Waals surface area (Å²) in [4.78, 5) is 14.3. The van der Waals surface area contributed by atoms with Gasteiger partial charge < -0.3 is 20.7 Å². The van der Waals surface area contributed by atoms with E-state index in [-0.39, 0.29) is 11.9 Å². The molecule has 5 nitrogen and oxygen atoms in total. The number of hydrogen-bond donors (Lipinski definition) is 2. The van der Waals surface area contributed by atoms with Crippen LogP contribution in [0.1, 0.15) is 5.56 Å². The Morgan fingerprint density at radius 3 is 2.95 bits per heavy atom. The molecule has 108 valence electrons. The van der Waals surface area contributed by atoms with Gasteiger partial charge in [0.05, 0.1) is 13.2 Å². The molecule has 0 aromatic heterocycles. The predicted molar refractivity (Wildman–Crippen MR) is 86.0 cm³/mol. The molecule has 7 heteroatoms. The molecular weight excluding hydrogens is 342 g/mol. The Morgan fingerprint density at radius 1 is 1.60 bits per heavy atom. The highest BCUT2D eigenvalue weighted by atomic mass is 79.9. The van der Waals surface area contributed by atoms with Crippen molar-refractivity contribution < 1.29 is 9.53 Å². The van der Waals surface area contributed by atoms with E-state index in [2.05, 4.69) is 21.2 Å². The second-order valence-electron chi connectivity index (χ2n) is 4.43. The number of likely N-dealkylation sites (N-methyl/N-ethyl adjacent to an activating group) is 1. The highest BCUT2D eigenvalue weighted by Gasteiger charge is 2.29. The monoisotopic (exact) mass is 357 g/mol. The molecule has 20 heavy (non-hydrogen) atoms. The fourth-order valence-corrected chi connectivity index (χ4v) is 3.07. The third-order valence-electron chi connectivity index (χ3n) is 3.23. The summed E-state index contributed by atoms with van der Waals surface area (Å²) in [6.07, 6.45) is 0. The Balaban J connectivity index is 2.31. The van der Waals surface area contributed by atoms with Gasteiger partial charge in [-0.25, -0.2) is 0 Å². The first kappa shape index (κ1) is 15.2. The Kier molecular flexibility index (Phi) is 4.95. The predicted octanol–water partition coefficient (Wildman–Crippen LogP) is 1.03. The van der Waals surface area contributed by atoms with Crippen molar-refractivity contribution in [2.45, 2.75) is 6.04 Å². The molecule has 0 saturated carbocycles. The molecule has 0 bridgehead atoms. The highest BCUT2D eigenvalue weighted by Crippen LogP contribution is 2.26. The largest absolute Gasteiger partial charge is 0.389 e. The van der Waals surface area contributed by atoms with Crippen molar-refractivity contribution in [2.75, 3.05) is 31.7 Å². The molecule has 1 aliphatic rings. The molecule has 1 aromatic rings. The molecule has 1 unspecified atom stereocenters. The first-order chi connectivity index (χ1) is 9.54. The molecule has 1 aromatic carbocycles. The first-order valence-corrected chi connectivity index (χ1v) is 7.40. The maximum Gasteiger partial charge on any atom is 0.244 e. The van der Waals surface area contributed by atoms with Gasteiger partial charge in [0.1, 0.15) is 11.0 Å². The molecule has 1 heterocycles. The number of nitrogens with two attached hydrogens (primary N) is 1. The van der Waals surface area contributed by atoms with Crippen molar-refractivity contribution in [1.29, 1.82) is 0 Å². The normalized spacial score (nSPS) is 18.7. The molecule has 1 fully saturated rings. The number of nitrogens with zero attached hydrogens (tertiary/aromatic N) is 1. The summed E-state index contributed by atoms with van der Waals surface area (Å²) in [5.74, 6) is -0.0563. The number of ether oxygens (including phenoxy) is 1. The Labute approximate surface area is 131 Å². The van der Waals surface area contributed by atoms with Crippen LogP contribution in [0.25, 0.3) is 0 Å². The van der Waals surface area contributed by atoms with E-state index in [1.807, 2.05) is 23.1 Å². The lowest BCUT2D eigenvalue weighted by Gasteiger charge is -2.36. The van der Waals surface area contributed by atoms with Crippen molar-refractivity contribution in [3.05, 3.63) is 28.2 Å². The number of amides is 1. The second-order valence-corrected chi connectivity index (χ2v) is 5.72. The molecule has 1 aliphatic heterocycles. The van der Waals surface area contributed by atoms with Crippen LogP contribution in [0.2, 0.25) is 0 Å². The molecule has 1 saturated heterocycles. The van der Waals surface area contributed by atoms with Crippen molar-refractivity contribution in [3.8, 4) is 0 Å². The van der Waals surface area contributed by atoms with E-state index in [1.165, 1.54) is 0 Å². The lowest BCUT2D eigenvalue weighted by Crippen LogP contribution is -2.53. The fourth-order valence-electron chi connectivity index (χ4n) is 2.18. The smallest absolute Gasteiger partial charge is 0.244 e. The molecule has 0 aliphatic carbocycles. The van der Waals surface area contributed by atoms with Gasteiger partial charge in [-0.15, -0.1) is 0 Å². The van der Waals surface area contributed by atoms with Gasteiger partial charge in [-0.2, -0.15) is 0 Å². The number of nitrogens with one attached hydrogen (secondary N) is 1. The zero-order chi connectivity index (χ0) is 14.7. The van der Waals surface area contributed by atoms with Crippen molar-refractivity contribution in [1.82, 2.24) is 5.32 Å². The minimum atomic E-state index is -0.323. The summed E-state index contributed by atoms with van der Waals surface area (Å²) >= 11 is 8.45. The van der Waals surface area contributed by atoms with E-state index < -0.39 is 0 Å². The minimum Gasteiger partial charge on any atom is -0.389 e. The third kappa shape index (κ3) is 3.11. The van der Waals surface area contributed by atoms with Gasteiger partial charge in [0, 0.05) is 29.3 Å². The van der Waals surface area contributed by atoms with Gasteiger partial charge in [-0.1, -0.05) is 12.2 Å². The zero-order valence-electron chi connectivity index (χ0n) is 11.1. The van der Waals surface area contributed by atoms with Crippen LogP contribution in [-0.4, -0.2) is 43.7 Å². The number of morpholine rings is 1. The van der Waals surface area contributed by atoms with E-state index in [0.717, 1.165) is 15.7 Å². The van der Waals surface area contributed by atoms with Crippen molar-refractivity contribution in [2.24, 2.45) is 5.73 Å². The van der Waals surface area contributed by atoms with Gasteiger partial charge in [-0.3, -0.25) is 4.79 Å². The molecule has 0 spiro atoms. The average Bonchev–Trinajstić information content (AvgIpc) is 2.46. The van der Waals surface area contributed by atoms with E-state index in [0.29, 0.717) is 24.7 Å². The number of carbonyl (C=O) groups excluding carboxylic acids is 1. The summed E-state index contributed by atoms with van der Waals surface area (Å²) in [7, 11) is 1.63. The maximum absolute atomic E-state index is 11.9. The van der Waals surface area contributed by atoms with Gasteiger partial charge in [0.25, 0.3) is 0 Å². The lowest BCUT2D eigenvalue weighted by atomic mass is 10.1. The van der Waals surface area contributed by atoms with Gasteiger partial charge in [0.15, 0.2) is 0 Å². The Morgan fingerprint density at radius 2 is 2.35 bits per heavy atom. The van der Waals surface area contributed by atoms with Crippen LogP contribution < -0.4 is 16.0 Å². The molecule has 0 radical (unpaired) electrons. The lowest BCUT2D eigenvalue weighted by molar-refractivity contribution is -0.124. The first-order valence-electron chi connectivity index (χ1n) is 6.20. The summed E-state index contributed by atoms with van der Waals surface area (Å²) in [5, 5.41) is 2.67. The topological polar surface area (TPSA) is 67.6 Å². The number of benzene rings is 1. The van der Waals surface area contributed by atoms with Crippen LogP contribution >= 0.6 is 28.1 Å². The summed E-state index contributed by atoms with van der Waals surface area (Å²) in [6, 6.07) is 5.38. The fraction of sp³-hybridized carbons (Fsp3) is 0.385. The Bertz CT molecular complexity index is 538. The van der Waals surface area contributed by atoms with Gasteiger partial charge in [0.2, 0.25) is 5.91 Å². The zero-order valence-corrected chi connectivity index (χ0v) is 13.5. The van der Waals surface area contributed by atoms with Crippen LogP contribution in [0.15, 0.2) is 22.7 Å².